The number of hydrogen-bond acceptors (Lipinski definition) is 1. The molecule has 1 N–H and O–H groups in total. The Balaban J connectivity index is 1.94. The molecule has 3 heteroatoms. The summed E-state index contributed by atoms with van der Waals surface area (Å²) in [5.74, 6) is 0. The first-order valence-electron chi connectivity index (χ1n) is 6.19. The van der Waals surface area contributed by atoms with Gasteiger partial charge in [-0.3, -0.25) is 9.89 Å². The van der Waals surface area contributed by atoms with Crippen LogP contribution in [-0.4, -0.2) is 9.78 Å². The van der Waals surface area contributed by atoms with Crippen molar-refractivity contribution in [3.8, 4) is 0 Å². The van der Waals surface area contributed by atoms with Crippen molar-refractivity contribution < 1.29 is 0 Å². The lowest BCUT2D eigenvalue weighted by molar-refractivity contribution is 0.639. The van der Waals surface area contributed by atoms with E-state index in [1.807, 2.05) is 30.3 Å². The van der Waals surface area contributed by atoms with E-state index >= 15 is 0 Å². The van der Waals surface area contributed by atoms with E-state index in [0.29, 0.717) is 6.54 Å². The molecule has 0 saturated heterocycles. The number of fused-ring (bicyclic) bond motifs is 1. The third-order valence-corrected chi connectivity index (χ3v) is 3.42. The number of nitrogens with zero attached hydrogens (tertiary/aromatic N) is 1. The third kappa shape index (κ3) is 1.93. The van der Waals surface area contributed by atoms with Gasteiger partial charge in [0.25, 0.3) is 5.56 Å². The van der Waals surface area contributed by atoms with Crippen molar-refractivity contribution in [2.75, 3.05) is 0 Å². The van der Waals surface area contributed by atoms with Crippen molar-refractivity contribution in [1.82, 2.24) is 9.78 Å². The van der Waals surface area contributed by atoms with Gasteiger partial charge in [0, 0.05) is 11.3 Å². The Kier molecular flexibility index (Phi) is 2.59. The van der Waals surface area contributed by atoms with Crippen LogP contribution in [0.3, 0.4) is 0 Å². The summed E-state index contributed by atoms with van der Waals surface area (Å²) in [5.41, 5.74) is 3.49. The van der Waals surface area contributed by atoms with Gasteiger partial charge in [0.1, 0.15) is 0 Å². The zero-order chi connectivity index (χ0) is 11.7. The molecule has 1 heterocycles. The van der Waals surface area contributed by atoms with Crippen LogP contribution in [0.1, 0.15) is 29.7 Å². The zero-order valence-corrected chi connectivity index (χ0v) is 9.78. The summed E-state index contributed by atoms with van der Waals surface area (Å²) in [5, 5.41) is 3.25. The maximum atomic E-state index is 12.1. The summed E-state index contributed by atoms with van der Waals surface area (Å²) in [6, 6.07) is 10.1. The molecule has 88 valence electrons. The van der Waals surface area contributed by atoms with E-state index in [2.05, 4.69) is 5.10 Å². The van der Waals surface area contributed by atoms with Crippen LogP contribution >= 0.6 is 0 Å². The zero-order valence-electron chi connectivity index (χ0n) is 9.78. The maximum absolute atomic E-state index is 12.1. The van der Waals surface area contributed by atoms with Crippen molar-refractivity contribution in [3.05, 3.63) is 57.5 Å². The molecule has 0 spiro atoms. The Hall–Kier alpha value is -1.77. The molecule has 2 aromatic rings. The molecule has 17 heavy (non-hydrogen) atoms. The van der Waals surface area contributed by atoms with Gasteiger partial charge in [-0.2, -0.15) is 0 Å². The van der Waals surface area contributed by atoms with E-state index in [1.165, 1.54) is 6.42 Å². The summed E-state index contributed by atoms with van der Waals surface area (Å²) in [6.07, 6.45) is 4.29. The van der Waals surface area contributed by atoms with E-state index < -0.39 is 0 Å². The van der Waals surface area contributed by atoms with Crippen LogP contribution in [0.5, 0.6) is 0 Å². The number of hydrogen-bond donors (Lipinski definition) is 1. The van der Waals surface area contributed by atoms with Gasteiger partial charge in [-0.25, -0.2) is 4.68 Å². The molecule has 1 aliphatic carbocycles. The Morgan fingerprint density at radius 1 is 1.12 bits per heavy atom. The number of nitrogens with one attached hydrogen (secondary N) is 1. The number of aryl methyl sites for hydroxylation is 1. The van der Waals surface area contributed by atoms with Crippen molar-refractivity contribution >= 4 is 0 Å². The molecular weight excluding hydrogens is 212 g/mol. The van der Waals surface area contributed by atoms with E-state index in [0.717, 1.165) is 36.1 Å². The van der Waals surface area contributed by atoms with E-state index in [9.17, 15) is 4.79 Å². The molecule has 1 aliphatic rings. The molecule has 0 bridgehead atoms. The van der Waals surface area contributed by atoms with Gasteiger partial charge >= 0.3 is 0 Å². The SMILES string of the molecule is O=c1c2c([nH]n1Cc1ccccc1)CCCC2. The molecule has 0 unspecified atom stereocenters. The van der Waals surface area contributed by atoms with Gasteiger partial charge in [-0.15, -0.1) is 0 Å². The fourth-order valence-corrected chi connectivity index (χ4v) is 2.52. The van der Waals surface area contributed by atoms with E-state index in [-0.39, 0.29) is 5.56 Å². The molecular formula is C14H16N2O. The average Bonchev–Trinajstić information content (AvgIpc) is 2.68. The van der Waals surface area contributed by atoms with Gasteiger partial charge in [-0.05, 0) is 31.2 Å². The van der Waals surface area contributed by atoms with Crippen LogP contribution in [0.2, 0.25) is 0 Å². The van der Waals surface area contributed by atoms with Crippen molar-refractivity contribution in [2.45, 2.75) is 32.2 Å². The van der Waals surface area contributed by atoms with Crippen LogP contribution in [-0.2, 0) is 19.4 Å². The lowest BCUT2D eigenvalue weighted by Crippen LogP contribution is -2.20. The maximum Gasteiger partial charge on any atom is 0.270 e. The minimum absolute atomic E-state index is 0.170. The smallest absolute Gasteiger partial charge is 0.270 e. The van der Waals surface area contributed by atoms with Crippen LogP contribution in [0.15, 0.2) is 35.1 Å². The van der Waals surface area contributed by atoms with Crippen molar-refractivity contribution in [2.24, 2.45) is 0 Å². The predicted octanol–water partition coefficient (Wildman–Crippen LogP) is 2.10. The molecule has 0 aliphatic heterocycles. The van der Waals surface area contributed by atoms with Crippen LogP contribution < -0.4 is 5.56 Å². The molecule has 3 nitrogen and oxygen atoms in total. The second-order valence-corrected chi connectivity index (χ2v) is 4.65. The highest BCUT2D eigenvalue weighted by Gasteiger charge is 2.17. The highest BCUT2D eigenvalue weighted by Crippen LogP contribution is 2.16. The van der Waals surface area contributed by atoms with E-state index in [1.54, 1.807) is 4.68 Å². The van der Waals surface area contributed by atoms with Gasteiger partial charge in [0.05, 0.1) is 6.54 Å². The Morgan fingerprint density at radius 3 is 2.65 bits per heavy atom. The number of rotatable bonds is 2. The molecule has 1 aromatic carbocycles. The molecule has 0 radical (unpaired) electrons. The summed E-state index contributed by atoms with van der Waals surface area (Å²) in [4.78, 5) is 12.1. The third-order valence-electron chi connectivity index (χ3n) is 3.42. The molecule has 0 amide bonds. The highest BCUT2D eigenvalue weighted by molar-refractivity contribution is 5.21. The minimum Gasteiger partial charge on any atom is -0.299 e. The fraction of sp³-hybridized carbons (Fsp3) is 0.357. The van der Waals surface area contributed by atoms with Gasteiger partial charge in [-0.1, -0.05) is 30.3 Å². The first-order valence-corrected chi connectivity index (χ1v) is 6.19. The predicted molar refractivity (Wildman–Crippen MR) is 67.2 cm³/mol. The Bertz CT molecular complexity index is 566. The van der Waals surface area contributed by atoms with Crippen LogP contribution in [0, 0.1) is 0 Å². The first-order chi connectivity index (χ1) is 8.34. The number of aromatic nitrogens is 2. The number of benzene rings is 1. The normalized spacial score (nSPS) is 14.6. The summed E-state index contributed by atoms with van der Waals surface area (Å²) in [7, 11) is 0. The first kappa shape index (κ1) is 10.4. The largest absolute Gasteiger partial charge is 0.299 e. The quantitative estimate of drug-likeness (QED) is 0.839. The topological polar surface area (TPSA) is 37.8 Å². The highest BCUT2D eigenvalue weighted by atomic mass is 16.1. The van der Waals surface area contributed by atoms with Gasteiger partial charge in [0.15, 0.2) is 0 Å². The Labute approximate surface area is 100 Å². The van der Waals surface area contributed by atoms with Crippen molar-refractivity contribution in [1.29, 1.82) is 0 Å². The lowest BCUT2D eigenvalue weighted by atomic mass is 9.98. The number of H-pyrrole nitrogens is 1. The lowest BCUT2D eigenvalue weighted by Gasteiger charge is -2.07. The molecule has 3 rings (SSSR count). The average molecular weight is 228 g/mol. The second-order valence-electron chi connectivity index (χ2n) is 4.65. The van der Waals surface area contributed by atoms with Crippen LogP contribution in [0.4, 0.5) is 0 Å². The molecule has 0 atom stereocenters. The van der Waals surface area contributed by atoms with E-state index in [4.69, 9.17) is 0 Å². The fourth-order valence-electron chi connectivity index (χ4n) is 2.52. The van der Waals surface area contributed by atoms with Gasteiger partial charge < -0.3 is 0 Å². The van der Waals surface area contributed by atoms with Gasteiger partial charge in [0.2, 0.25) is 0 Å². The monoisotopic (exact) mass is 228 g/mol. The summed E-state index contributed by atoms with van der Waals surface area (Å²) < 4.78 is 1.74. The molecule has 0 saturated carbocycles. The number of aromatic amines is 1. The summed E-state index contributed by atoms with van der Waals surface area (Å²) in [6.45, 7) is 0.646. The minimum atomic E-state index is 0.170. The standard InChI is InChI=1S/C14H16N2O/c17-14-12-8-4-5-9-13(12)15-16(14)10-11-6-2-1-3-7-11/h1-3,6-7,15H,4-5,8-10H2. The second kappa shape index (κ2) is 4.24. The van der Waals surface area contributed by atoms with Crippen LogP contribution in [0.25, 0.3) is 0 Å². The molecule has 1 aromatic heterocycles. The molecule has 0 fully saturated rings. The summed E-state index contributed by atoms with van der Waals surface area (Å²) >= 11 is 0. The van der Waals surface area contributed by atoms with Crippen molar-refractivity contribution in [3.63, 3.8) is 0 Å². The Morgan fingerprint density at radius 2 is 1.88 bits per heavy atom.